The van der Waals surface area contributed by atoms with Crippen molar-refractivity contribution in [3.8, 4) is 0 Å². The van der Waals surface area contributed by atoms with Crippen molar-refractivity contribution in [2.45, 2.75) is 90.3 Å². The minimum Gasteiger partial charge on any atom is -0.393 e. The lowest BCUT2D eigenvalue weighted by Gasteiger charge is -2.61. The maximum atomic E-state index is 10.9. The molecular weight excluding hydrogens is 272 g/mol. The van der Waals surface area contributed by atoms with Crippen molar-refractivity contribution in [3.63, 3.8) is 0 Å². The van der Waals surface area contributed by atoms with E-state index >= 15 is 0 Å². The van der Waals surface area contributed by atoms with Crippen LogP contribution in [-0.2, 0) is 0 Å². The molecule has 4 rings (SSSR count). The summed E-state index contributed by atoms with van der Waals surface area (Å²) in [6.45, 7) is 6.95. The van der Waals surface area contributed by atoms with Crippen LogP contribution in [0.15, 0.2) is 0 Å². The summed E-state index contributed by atoms with van der Waals surface area (Å²) in [5, 5.41) is 21.2. The van der Waals surface area contributed by atoms with Crippen LogP contribution in [0, 0.1) is 34.5 Å². The Hall–Kier alpha value is -0.0800. The van der Waals surface area contributed by atoms with Crippen LogP contribution in [0.5, 0.6) is 0 Å². The van der Waals surface area contributed by atoms with E-state index in [0.717, 1.165) is 37.0 Å². The predicted molar refractivity (Wildman–Crippen MR) is 88.4 cm³/mol. The van der Waals surface area contributed by atoms with Crippen LogP contribution >= 0.6 is 0 Å². The van der Waals surface area contributed by atoms with Gasteiger partial charge in [-0.05, 0) is 99.2 Å². The Labute approximate surface area is 135 Å². The lowest BCUT2D eigenvalue weighted by molar-refractivity contribution is -0.155. The van der Waals surface area contributed by atoms with Gasteiger partial charge < -0.3 is 10.2 Å². The van der Waals surface area contributed by atoms with E-state index in [1.165, 1.54) is 38.5 Å². The summed E-state index contributed by atoms with van der Waals surface area (Å²) in [5.74, 6) is 3.12. The monoisotopic (exact) mass is 306 g/mol. The molecule has 4 aliphatic carbocycles. The molecule has 0 heterocycles. The van der Waals surface area contributed by atoms with Crippen molar-refractivity contribution in [2.75, 3.05) is 0 Å². The van der Waals surface area contributed by atoms with Crippen molar-refractivity contribution in [2.24, 2.45) is 34.5 Å². The first kappa shape index (κ1) is 15.4. The molecule has 0 aliphatic heterocycles. The van der Waals surface area contributed by atoms with E-state index in [1.807, 2.05) is 0 Å². The third-order valence-electron chi connectivity index (χ3n) is 9.15. The summed E-state index contributed by atoms with van der Waals surface area (Å²) in [6.07, 6.45) is 10.6. The molecule has 0 saturated heterocycles. The van der Waals surface area contributed by atoms with Gasteiger partial charge in [0, 0.05) is 0 Å². The van der Waals surface area contributed by atoms with Crippen molar-refractivity contribution in [1.29, 1.82) is 0 Å². The van der Waals surface area contributed by atoms with Crippen LogP contribution in [-0.4, -0.2) is 21.9 Å². The Morgan fingerprint density at radius 2 is 1.50 bits per heavy atom. The molecule has 3 unspecified atom stereocenters. The van der Waals surface area contributed by atoms with Gasteiger partial charge in [-0.3, -0.25) is 0 Å². The summed E-state index contributed by atoms with van der Waals surface area (Å²) in [7, 11) is 0. The van der Waals surface area contributed by atoms with E-state index in [2.05, 4.69) is 20.8 Å². The van der Waals surface area contributed by atoms with E-state index < -0.39 is 5.60 Å². The number of hydrogen-bond acceptors (Lipinski definition) is 2. The lowest BCUT2D eigenvalue weighted by Crippen LogP contribution is -2.56. The molecule has 22 heavy (non-hydrogen) atoms. The molecule has 2 N–H and O–H groups in total. The maximum absolute atomic E-state index is 10.9. The summed E-state index contributed by atoms with van der Waals surface area (Å²) in [6, 6.07) is 0. The average molecular weight is 306 g/mol. The van der Waals surface area contributed by atoms with Gasteiger partial charge in [0.15, 0.2) is 0 Å². The molecule has 0 bridgehead atoms. The van der Waals surface area contributed by atoms with Gasteiger partial charge in [0.2, 0.25) is 0 Å². The van der Waals surface area contributed by atoms with Crippen LogP contribution < -0.4 is 0 Å². The largest absolute Gasteiger partial charge is 0.393 e. The highest BCUT2D eigenvalue weighted by Crippen LogP contribution is 2.68. The van der Waals surface area contributed by atoms with E-state index in [9.17, 15) is 10.2 Å². The predicted octanol–water partition coefficient (Wildman–Crippen LogP) is 4.14. The topological polar surface area (TPSA) is 40.5 Å². The zero-order chi connectivity index (χ0) is 15.8. The summed E-state index contributed by atoms with van der Waals surface area (Å²) >= 11 is 0. The standard InChI is InChI=1S/C20H34O2/c1-18-12-14(21)6-4-13(18)5-7-15-16(18)8-10-19(2)17(15)9-11-20(19,3)22/h13-17,21-22H,4-12H2,1-3H3/t13?,14?,15-,16-,17+,18+,19+,20?/m1/s1. The molecule has 0 aromatic carbocycles. The first-order valence-corrected chi connectivity index (χ1v) is 9.68. The summed E-state index contributed by atoms with van der Waals surface area (Å²) < 4.78 is 0. The quantitative estimate of drug-likeness (QED) is 0.706. The van der Waals surface area contributed by atoms with Crippen LogP contribution in [0.2, 0.25) is 0 Å². The smallest absolute Gasteiger partial charge is 0.0675 e. The molecule has 0 aromatic heterocycles. The third kappa shape index (κ3) is 1.86. The Balaban J connectivity index is 1.65. The van der Waals surface area contributed by atoms with E-state index in [4.69, 9.17) is 0 Å². The summed E-state index contributed by atoms with van der Waals surface area (Å²) in [4.78, 5) is 0. The zero-order valence-electron chi connectivity index (χ0n) is 14.6. The summed E-state index contributed by atoms with van der Waals surface area (Å²) in [5.41, 5.74) is 0.0213. The Kier molecular flexibility index (Phi) is 3.32. The van der Waals surface area contributed by atoms with Crippen molar-refractivity contribution in [3.05, 3.63) is 0 Å². The second-order valence-corrected chi connectivity index (χ2v) is 9.86. The fraction of sp³-hybridized carbons (Fsp3) is 1.00. The van der Waals surface area contributed by atoms with Gasteiger partial charge in [-0.1, -0.05) is 13.8 Å². The van der Waals surface area contributed by atoms with Gasteiger partial charge in [0.05, 0.1) is 11.7 Å². The Bertz CT molecular complexity index is 459. The fourth-order valence-electron chi connectivity index (χ4n) is 7.57. The van der Waals surface area contributed by atoms with Gasteiger partial charge in [0.1, 0.15) is 0 Å². The fourth-order valence-corrected chi connectivity index (χ4v) is 7.57. The molecule has 126 valence electrons. The highest BCUT2D eigenvalue weighted by atomic mass is 16.3. The third-order valence-corrected chi connectivity index (χ3v) is 9.15. The Morgan fingerprint density at radius 3 is 2.27 bits per heavy atom. The molecule has 0 radical (unpaired) electrons. The second kappa shape index (κ2) is 4.72. The number of aliphatic hydroxyl groups is 2. The van der Waals surface area contributed by atoms with Crippen LogP contribution in [0.25, 0.3) is 0 Å². The van der Waals surface area contributed by atoms with Gasteiger partial charge in [-0.2, -0.15) is 0 Å². The first-order valence-electron chi connectivity index (χ1n) is 9.68. The molecule has 2 heteroatoms. The minimum absolute atomic E-state index is 0.0694. The normalized spacial score (nSPS) is 61.2. The molecule has 0 aromatic rings. The molecule has 0 spiro atoms. The molecule has 8 atom stereocenters. The van der Waals surface area contributed by atoms with E-state index in [0.29, 0.717) is 11.3 Å². The van der Waals surface area contributed by atoms with Crippen molar-refractivity contribution >= 4 is 0 Å². The second-order valence-electron chi connectivity index (χ2n) is 9.86. The molecule has 4 saturated carbocycles. The van der Waals surface area contributed by atoms with E-state index in [1.54, 1.807) is 0 Å². The van der Waals surface area contributed by atoms with Crippen molar-refractivity contribution in [1.82, 2.24) is 0 Å². The molecular formula is C20H34O2. The number of hydrogen-bond donors (Lipinski definition) is 2. The van der Waals surface area contributed by atoms with Gasteiger partial charge >= 0.3 is 0 Å². The average Bonchev–Trinajstić information content (AvgIpc) is 2.68. The SMILES string of the molecule is CC1(O)CC[C@H]2[C@@H]3CCC4CCC(O)C[C@]4(C)[C@@H]3CC[C@@]21C. The number of fused-ring (bicyclic) bond motifs is 5. The van der Waals surface area contributed by atoms with Gasteiger partial charge in [-0.25, -0.2) is 0 Å². The molecule has 4 aliphatic rings. The highest BCUT2D eigenvalue weighted by Gasteiger charge is 2.63. The first-order chi connectivity index (χ1) is 10.3. The van der Waals surface area contributed by atoms with Crippen molar-refractivity contribution < 1.29 is 10.2 Å². The number of aliphatic hydroxyl groups excluding tert-OH is 1. The zero-order valence-corrected chi connectivity index (χ0v) is 14.6. The van der Waals surface area contributed by atoms with Gasteiger partial charge in [0.25, 0.3) is 0 Å². The van der Waals surface area contributed by atoms with Crippen LogP contribution in [0.4, 0.5) is 0 Å². The van der Waals surface area contributed by atoms with Crippen LogP contribution in [0.3, 0.4) is 0 Å². The van der Waals surface area contributed by atoms with E-state index in [-0.39, 0.29) is 11.5 Å². The molecule has 2 nitrogen and oxygen atoms in total. The highest BCUT2D eigenvalue weighted by molar-refractivity contribution is 5.12. The lowest BCUT2D eigenvalue weighted by atomic mass is 9.44. The molecule has 4 fully saturated rings. The van der Waals surface area contributed by atoms with Crippen LogP contribution in [0.1, 0.15) is 78.6 Å². The Morgan fingerprint density at radius 1 is 0.818 bits per heavy atom. The maximum Gasteiger partial charge on any atom is 0.0675 e. The van der Waals surface area contributed by atoms with Gasteiger partial charge in [-0.15, -0.1) is 0 Å². The minimum atomic E-state index is -0.466. The molecule has 0 amide bonds. The number of rotatable bonds is 0.